The third-order valence-electron chi connectivity index (χ3n) is 4.95. The smallest absolute Gasteiger partial charge is 0.234 e. The molecule has 3 rings (SSSR count). The van der Waals surface area contributed by atoms with E-state index in [4.69, 9.17) is 9.47 Å². The summed E-state index contributed by atoms with van der Waals surface area (Å²) in [4.78, 5) is 14.2. The summed E-state index contributed by atoms with van der Waals surface area (Å²) in [5, 5.41) is 13.6. The Morgan fingerprint density at radius 2 is 1.92 bits per heavy atom. The summed E-state index contributed by atoms with van der Waals surface area (Å²) >= 11 is 0. The monoisotopic (exact) mass is 334 g/mol. The van der Waals surface area contributed by atoms with Crippen LogP contribution in [0.5, 0.6) is 11.5 Å². The Labute approximate surface area is 142 Å². The summed E-state index contributed by atoms with van der Waals surface area (Å²) < 4.78 is 10.8. The maximum absolute atomic E-state index is 12.3. The SMILES string of the molecule is COc1ccc(OC)c2c1CN(CC(=O)NC1CCCC1)CC2O. The molecule has 6 nitrogen and oxygen atoms in total. The zero-order valence-corrected chi connectivity index (χ0v) is 14.4. The summed E-state index contributed by atoms with van der Waals surface area (Å²) in [7, 11) is 3.20. The molecule has 1 aromatic rings. The van der Waals surface area contributed by atoms with Gasteiger partial charge in [0.05, 0.1) is 26.9 Å². The number of methoxy groups -OCH3 is 2. The largest absolute Gasteiger partial charge is 0.496 e. The molecule has 1 aliphatic heterocycles. The molecule has 6 heteroatoms. The zero-order chi connectivity index (χ0) is 17.1. The predicted octanol–water partition coefficient (Wildman–Crippen LogP) is 1.61. The molecule has 1 heterocycles. The third kappa shape index (κ3) is 3.49. The molecule has 1 aliphatic carbocycles. The van der Waals surface area contributed by atoms with Gasteiger partial charge in [-0.2, -0.15) is 0 Å². The van der Waals surface area contributed by atoms with Gasteiger partial charge in [-0.3, -0.25) is 9.69 Å². The number of aliphatic hydroxyl groups excluding tert-OH is 1. The van der Waals surface area contributed by atoms with E-state index in [2.05, 4.69) is 5.32 Å². The molecular weight excluding hydrogens is 308 g/mol. The lowest BCUT2D eigenvalue weighted by molar-refractivity contribution is -0.123. The zero-order valence-electron chi connectivity index (χ0n) is 14.4. The molecule has 2 aliphatic rings. The second-order valence-corrected chi connectivity index (χ2v) is 6.60. The number of β-amino-alcohol motifs (C(OH)–C–C–N with tert-alkyl or cyclic N) is 1. The van der Waals surface area contributed by atoms with Gasteiger partial charge in [-0.15, -0.1) is 0 Å². The van der Waals surface area contributed by atoms with Crippen molar-refractivity contribution in [1.29, 1.82) is 0 Å². The van der Waals surface area contributed by atoms with Gasteiger partial charge in [-0.25, -0.2) is 0 Å². The minimum absolute atomic E-state index is 0.0272. The minimum atomic E-state index is -0.696. The quantitative estimate of drug-likeness (QED) is 0.856. The summed E-state index contributed by atoms with van der Waals surface area (Å²) in [5.74, 6) is 1.40. The van der Waals surface area contributed by atoms with E-state index >= 15 is 0 Å². The van der Waals surface area contributed by atoms with Gasteiger partial charge >= 0.3 is 0 Å². The number of benzene rings is 1. The molecule has 0 spiro atoms. The number of carbonyl (C=O) groups is 1. The molecule has 24 heavy (non-hydrogen) atoms. The fourth-order valence-corrected chi connectivity index (χ4v) is 3.81. The van der Waals surface area contributed by atoms with Gasteiger partial charge in [0, 0.05) is 30.3 Å². The highest BCUT2D eigenvalue weighted by molar-refractivity contribution is 5.78. The molecule has 132 valence electrons. The van der Waals surface area contributed by atoms with Gasteiger partial charge in [0.25, 0.3) is 0 Å². The first-order chi connectivity index (χ1) is 11.6. The predicted molar refractivity (Wildman–Crippen MR) is 90.2 cm³/mol. The lowest BCUT2D eigenvalue weighted by atomic mass is 9.95. The van der Waals surface area contributed by atoms with Gasteiger partial charge in [0.2, 0.25) is 5.91 Å². The van der Waals surface area contributed by atoms with Crippen molar-refractivity contribution in [3.05, 3.63) is 23.3 Å². The molecule has 1 amide bonds. The van der Waals surface area contributed by atoms with Crippen LogP contribution in [0.3, 0.4) is 0 Å². The van der Waals surface area contributed by atoms with Crippen LogP contribution in [0.4, 0.5) is 0 Å². The first kappa shape index (κ1) is 17.0. The molecule has 1 atom stereocenters. The number of nitrogens with one attached hydrogen (secondary N) is 1. The molecule has 1 aromatic carbocycles. The number of hydrogen-bond acceptors (Lipinski definition) is 5. The number of hydrogen-bond donors (Lipinski definition) is 2. The molecule has 1 fully saturated rings. The van der Waals surface area contributed by atoms with E-state index in [0.717, 1.165) is 24.0 Å². The van der Waals surface area contributed by atoms with Gasteiger partial charge < -0.3 is 19.9 Å². The van der Waals surface area contributed by atoms with Crippen LogP contribution in [0, 0.1) is 0 Å². The fraction of sp³-hybridized carbons (Fsp3) is 0.611. The Kier molecular flexibility index (Phi) is 5.26. The van der Waals surface area contributed by atoms with Crippen LogP contribution in [-0.4, -0.2) is 49.3 Å². The van der Waals surface area contributed by atoms with Gasteiger partial charge in [-0.1, -0.05) is 12.8 Å². The van der Waals surface area contributed by atoms with E-state index in [0.29, 0.717) is 30.6 Å². The minimum Gasteiger partial charge on any atom is -0.496 e. The number of fused-ring (bicyclic) bond motifs is 1. The molecule has 1 unspecified atom stereocenters. The van der Waals surface area contributed by atoms with Crippen molar-refractivity contribution in [2.75, 3.05) is 27.3 Å². The summed E-state index contributed by atoms with van der Waals surface area (Å²) in [6, 6.07) is 3.96. The van der Waals surface area contributed by atoms with Crippen molar-refractivity contribution in [2.24, 2.45) is 0 Å². The second-order valence-electron chi connectivity index (χ2n) is 6.60. The highest BCUT2D eigenvalue weighted by Gasteiger charge is 2.30. The second kappa shape index (κ2) is 7.40. The molecule has 0 aromatic heterocycles. The Bertz CT molecular complexity index is 599. The van der Waals surface area contributed by atoms with Crippen LogP contribution >= 0.6 is 0 Å². The Balaban J connectivity index is 1.72. The number of amides is 1. The molecule has 0 saturated heterocycles. The van der Waals surface area contributed by atoms with Gasteiger partial charge in [0.1, 0.15) is 11.5 Å². The molecule has 0 radical (unpaired) electrons. The van der Waals surface area contributed by atoms with Crippen LogP contribution in [0.15, 0.2) is 12.1 Å². The number of rotatable bonds is 5. The van der Waals surface area contributed by atoms with Crippen molar-refractivity contribution < 1.29 is 19.4 Å². The van der Waals surface area contributed by atoms with Crippen molar-refractivity contribution in [2.45, 2.75) is 44.4 Å². The molecule has 2 N–H and O–H groups in total. The van der Waals surface area contributed by atoms with Crippen LogP contribution < -0.4 is 14.8 Å². The van der Waals surface area contributed by atoms with Gasteiger partial charge in [0.15, 0.2) is 0 Å². The summed E-state index contributed by atoms with van der Waals surface area (Å²) in [5.41, 5.74) is 1.66. The highest BCUT2D eigenvalue weighted by Crippen LogP contribution is 2.39. The Hall–Kier alpha value is -1.79. The van der Waals surface area contributed by atoms with E-state index in [1.165, 1.54) is 12.8 Å². The normalized spacial score (nSPS) is 21.4. The maximum Gasteiger partial charge on any atom is 0.234 e. The lowest BCUT2D eigenvalue weighted by Gasteiger charge is -2.33. The first-order valence-corrected chi connectivity index (χ1v) is 8.56. The maximum atomic E-state index is 12.3. The van der Waals surface area contributed by atoms with Gasteiger partial charge in [-0.05, 0) is 25.0 Å². The van der Waals surface area contributed by atoms with Crippen molar-refractivity contribution in [3.8, 4) is 11.5 Å². The topological polar surface area (TPSA) is 71.0 Å². The number of nitrogens with zero attached hydrogens (tertiary/aromatic N) is 1. The lowest BCUT2D eigenvalue weighted by Crippen LogP contribution is -2.44. The van der Waals surface area contributed by atoms with E-state index in [-0.39, 0.29) is 12.5 Å². The van der Waals surface area contributed by atoms with Crippen LogP contribution in [0.25, 0.3) is 0 Å². The van der Waals surface area contributed by atoms with Crippen LogP contribution in [0.1, 0.15) is 42.9 Å². The van der Waals surface area contributed by atoms with Crippen molar-refractivity contribution in [1.82, 2.24) is 10.2 Å². The Morgan fingerprint density at radius 1 is 1.25 bits per heavy atom. The molecule has 1 saturated carbocycles. The average Bonchev–Trinajstić information content (AvgIpc) is 3.06. The number of ether oxygens (including phenoxy) is 2. The van der Waals surface area contributed by atoms with Crippen LogP contribution in [0.2, 0.25) is 0 Å². The van der Waals surface area contributed by atoms with E-state index in [9.17, 15) is 9.90 Å². The highest BCUT2D eigenvalue weighted by atomic mass is 16.5. The van der Waals surface area contributed by atoms with Crippen molar-refractivity contribution >= 4 is 5.91 Å². The summed E-state index contributed by atoms with van der Waals surface area (Å²) in [6.45, 7) is 1.26. The van der Waals surface area contributed by atoms with E-state index in [1.807, 2.05) is 17.0 Å². The van der Waals surface area contributed by atoms with E-state index < -0.39 is 6.10 Å². The average molecular weight is 334 g/mol. The van der Waals surface area contributed by atoms with Crippen LogP contribution in [-0.2, 0) is 11.3 Å². The van der Waals surface area contributed by atoms with Crippen molar-refractivity contribution in [3.63, 3.8) is 0 Å². The summed E-state index contributed by atoms with van der Waals surface area (Å²) in [6.07, 6.45) is 3.83. The Morgan fingerprint density at radius 3 is 2.58 bits per heavy atom. The first-order valence-electron chi connectivity index (χ1n) is 8.56. The molecule has 0 bridgehead atoms. The fourth-order valence-electron chi connectivity index (χ4n) is 3.81. The number of aliphatic hydroxyl groups is 1. The number of carbonyl (C=O) groups excluding carboxylic acids is 1. The van der Waals surface area contributed by atoms with E-state index in [1.54, 1.807) is 14.2 Å². The standard InChI is InChI=1S/C18H26N2O4/c1-23-15-7-8-16(24-2)18-13(15)9-20(10-14(18)21)11-17(22)19-12-5-3-4-6-12/h7-8,12,14,21H,3-6,9-11H2,1-2H3,(H,19,22). The molecular formula is C18H26N2O4. The third-order valence-corrected chi connectivity index (χ3v) is 4.95.